The van der Waals surface area contributed by atoms with Gasteiger partial charge >= 0.3 is 0 Å². The Labute approximate surface area is 61.9 Å². The molecule has 0 aliphatic rings. The third kappa shape index (κ3) is 5.75. The highest BCUT2D eigenvalue weighted by Gasteiger charge is 1.95. The molecule has 4 nitrogen and oxygen atoms in total. The van der Waals surface area contributed by atoms with Crippen LogP contribution in [-0.4, -0.2) is 26.4 Å². The minimum Gasteiger partial charge on any atom is -0.359 e. The highest BCUT2D eigenvalue weighted by molar-refractivity contribution is 9.08. The van der Waals surface area contributed by atoms with Gasteiger partial charge in [0.05, 0.1) is 0 Å². The van der Waals surface area contributed by atoms with Crippen LogP contribution in [-0.2, 0) is 14.3 Å². The maximum Gasteiger partial charge on any atom is 0.255 e. The highest BCUT2D eigenvalue weighted by Crippen LogP contribution is 1.76. The summed E-state index contributed by atoms with van der Waals surface area (Å²) < 4.78 is 11.4. The summed E-state index contributed by atoms with van der Waals surface area (Å²) in [5.41, 5.74) is 0. The fourth-order valence-electron chi connectivity index (χ4n) is 0.245. The molecule has 0 aromatic heterocycles. The first-order chi connectivity index (χ1) is 4.31. The number of methoxy groups -OCH3 is 1. The Hall–Kier alpha value is -0.130. The monoisotopic (exact) mass is 197 g/mol. The smallest absolute Gasteiger partial charge is 0.255 e. The van der Waals surface area contributed by atoms with Gasteiger partial charge in [-0.3, -0.25) is 9.14 Å². The van der Waals surface area contributed by atoms with E-state index in [4.69, 9.17) is 0 Å². The number of amides is 1. The first kappa shape index (κ1) is 8.87. The molecule has 0 bridgehead atoms. The molecule has 0 unspecified atom stereocenters. The van der Waals surface area contributed by atoms with E-state index < -0.39 is 0 Å². The molecule has 0 radical (unpaired) electrons. The Morgan fingerprint density at radius 2 is 2.44 bits per heavy atom. The quantitative estimate of drug-likeness (QED) is 0.394. The van der Waals surface area contributed by atoms with E-state index in [9.17, 15) is 4.79 Å². The summed E-state index contributed by atoms with van der Waals surface area (Å²) in [7, 11) is 1.49. The predicted octanol–water partition coefficient (Wildman–Crippen LogP) is 0.0330. The average Bonchev–Trinajstić information content (AvgIpc) is 1.89. The van der Waals surface area contributed by atoms with E-state index in [2.05, 4.69) is 30.0 Å². The zero-order valence-corrected chi connectivity index (χ0v) is 6.60. The van der Waals surface area contributed by atoms with Gasteiger partial charge in [0.2, 0.25) is 0 Å². The van der Waals surface area contributed by atoms with Crippen LogP contribution in [0.25, 0.3) is 0 Å². The molecule has 1 N–H and O–H groups in total. The van der Waals surface area contributed by atoms with Gasteiger partial charge in [-0.25, -0.2) is 0 Å². The van der Waals surface area contributed by atoms with E-state index in [0.717, 1.165) is 0 Å². The van der Waals surface area contributed by atoms with Crippen molar-refractivity contribution in [3.63, 3.8) is 0 Å². The fraction of sp³-hybridized carbons (Fsp3) is 0.750. The zero-order chi connectivity index (χ0) is 7.11. The number of rotatable bonds is 4. The van der Waals surface area contributed by atoms with Crippen molar-refractivity contribution in [2.75, 3.05) is 20.5 Å². The van der Waals surface area contributed by atoms with Crippen LogP contribution in [0.15, 0.2) is 0 Å². The first-order valence-corrected chi connectivity index (χ1v) is 3.06. The van der Waals surface area contributed by atoms with Gasteiger partial charge in [0.15, 0.2) is 0 Å². The van der Waals surface area contributed by atoms with Gasteiger partial charge in [0.25, 0.3) is 5.91 Å². The van der Waals surface area contributed by atoms with Gasteiger partial charge in [0, 0.05) is 23.3 Å². The van der Waals surface area contributed by atoms with Crippen LogP contribution < -0.4 is 4.34 Å². The van der Waals surface area contributed by atoms with Crippen molar-refractivity contribution < 1.29 is 14.3 Å². The lowest BCUT2D eigenvalue weighted by atomic mass is 10.7. The van der Waals surface area contributed by atoms with Crippen LogP contribution in [0.5, 0.6) is 0 Å². The van der Waals surface area contributed by atoms with Crippen molar-refractivity contribution >= 4 is 22.1 Å². The van der Waals surface area contributed by atoms with Gasteiger partial charge in [-0.05, 0) is 0 Å². The number of carbonyl (C=O) groups is 1. The van der Waals surface area contributed by atoms with Crippen LogP contribution in [0.4, 0.5) is 0 Å². The molecule has 0 aliphatic heterocycles. The minimum atomic E-state index is -0.230. The Balaban J connectivity index is 2.97. The molecule has 0 aromatic rings. The van der Waals surface area contributed by atoms with E-state index in [1.807, 2.05) is 0 Å². The largest absolute Gasteiger partial charge is 0.359 e. The van der Waals surface area contributed by atoms with E-state index in [-0.39, 0.29) is 19.3 Å². The summed E-state index contributed by atoms with van der Waals surface area (Å²) >= 11 is 2.75. The van der Waals surface area contributed by atoms with Crippen LogP contribution >= 0.6 is 16.1 Å². The summed E-state index contributed by atoms with van der Waals surface area (Å²) in [6.07, 6.45) is 0. The number of nitrogens with one attached hydrogen (secondary N) is 1. The van der Waals surface area contributed by atoms with Gasteiger partial charge < -0.3 is 9.47 Å². The second-order valence-electron chi connectivity index (χ2n) is 1.27. The molecule has 0 aliphatic carbocycles. The maximum atomic E-state index is 10.3. The van der Waals surface area contributed by atoms with E-state index >= 15 is 0 Å². The van der Waals surface area contributed by atoms with Gasteiger partial charge in [-0.2, -0.15) is 0 Å². The molecule has 0 aromatic carbocycles. The molecular weight excluding hydrogens is 190 g/mol. The van der Waals surface area contributed by atoms with Crippen LogP contribution in [0.1, 0.15) is 0 Å². The summed E-state index contributed by atoms with van der Waals surface area (Å²) in [4.78, 5) is 10.3. The Morgan fingerprint density at radius 1 is 1.78 bits per heavy atom. The standard InChI is InChI=1S/C4H8BrNO3/c1-8-3-9-2-4(7)6-5/h2-3H2,1H3,(H,6,7). The third-order valence-electron chi connectivity index (χ3n) is 0.540. The second kappa shape index (κ2) is 6.00. The number of halogens is 1. The highest BCUT2D eigenvalue weighted by atomic mass is 79.9. The molecule has 5 heteroatoms. The van der Waals surface area contributed by atoms with Gasteiger partial charge in [0.1, 0.15) is 13.4 Å². The van der Waals surface area contributed by atoms with Crippen LogP contribution in [0.2, 0.25) is 0 Å². The lowest BCUT2D eigenvalue weighted by Gasteiger charge is -1.98. The molecule has 0 saturated heterocycles. The van der Waals surface area contributed by atoms with Crippen LogP contribution in [0, 0.1) is 0 Å². The number of hydrogen-bond acceptors (Lipinski definition) is 3. The molecule has 0 rings (SSSR count). The van der Waals surface area contributed by atoms with Crippen molar-refractivity contribution in [1.82, 2.24) is 4.34 Å². The fourth-order valence-corrected chi connectivity index (χ4v) is 0.359. The average molecular weight is 198 g/mol. The van der Waals surface area contributed by atoms with Gasteiger partial charge in [-0.1, -0.05) is 0 Å². The molecule has 0 fully saturated rings. The summed E-state index contributed by atoms with van der Waals surface area (Å²) in [6.45, 7) is 0.152. The molecular formula is C4H8BrNO3. The van der Waals surface area contributed by atoms with Crippen LogP contribution in [0.3, 0.4) is 0 Å². The topological polar surface area (TPSA) is 47.6 Å². The second-order valence-corrected chi connectivity index (χ2v) is 1.67. The Bertz CT molecular complexity index is 87.9. The Kier molecular flexibility index (Phi) is 5.91. The lowest BCUT2D eigenvalue weighted by Crippen LogP contribution is -2.19. The van der Waals surface area contributed by atoms with Gasteiger partial charge in [-0.15, -0.1) is 0 Å². The van der Waals surface area contributed by atoms with E-state index in [1.165, 1.54) is 7.11 Å². The number of ether oxygens (including phenoxy) is 2. The molecule has 0 spiro atoms. The zero-order valence-electron chi connectivity index (χ0n) is 5.02. The number of carbonyl (C=O) groups excluding carboxylic acids is 1. The third-order valence-corrected chi connectivity index (χ3v) is 0.982. The first-order valence-electron chi connectivity index (χ1n) is 2.27. The normalized spacial score (nSPS) is 9.11. The summed E-state index contributed by atoms with van der Waals surface area (Å²) in [5.74, 6) is -0.230. The lowest BCUT2D eigenvalue weighted by molar-refractivity contribution is -0.128. The molecule has 9 heavy (non-hydrogen) atoms. The molecule has 1 amide bonds. The van der Waals surface area contributed by atoms with Crippen molar-refractivity contribution in [2.24, 2.45) is 0 Å². The Morgan fingerprint density at radius 3 is 2.89 bits per heavy atom. The van der Waals surface area contributed by atoms with Crippen molar-refractivity contribution in [3.8, 4) is 0 Å². The molecule has 0 atom stereocenters. The minimum absolute atomic E-state index is 0.0130. The number of hydrogen-bond donors (Lipinski definition) is 1. The molecule has 54 valence electrons. The van der Waals surface area contributed by atoms with E-state index in [1.54, 1.807) is 0 Å². The van der Waals surface area contributed by atoms with E-state index in [0.29, 0.717) is 0 Å². The van der Waals surface area contributed by atoms with Crippen molar-refractivity contribution in [1.29, 1.82) is 0 Å². The van der Waals surface area contributed by atoms with Crippen molar-refractivity contribution in [3.05, 3.63) is 0 Å². The molecule has 0 saturated carbocycles. The molecule has 0 heterocycles. The maximum absolute atomic E-state index is 10.3. The summed E-state index contributed by atoms with van der Waals surface area (Å²) in [6, 6.07) is 0. The summed E-state index contributed by atoms with van der Waals surface area (Å²) in [5, 5.41) is 0. The SMILES string of the molecule is COCOCC(=O)NBr. The van der Waals surface area contributed by atoms with Crippen molar-refractivity contribution in [2.45, 2.75) is 0 Å². The predicted molar refractivity (Wildman–Crippen MR) is 34.9 cm³/mol.